The van der Waals surface area contributed by atoms with E-state index in [1.54, 1.807) is 6.07 Å². The van der Waals surface area contributed by atoms with Crippen LogP contribution in [0.3, 0.4) is 0 Å². The third kappa shape index (κ3) is 6.12. The number of nitrogens with two attached hydrogens (primary N) is 1. The molecule has 0 saturated carbocycles. The normalized spacial score (nSPS) is 10.5. The Morgan fingerprint density at radius 3 is 2.36 bits per heavy atom. The summed E-state index contributed by atoms with van der Waals surface area (Å²) in [4.78, 5) is 12.1. The van der Waals surface area contributed by atoms with Gasteiger partial charge < -0.3 is 10.5 Å². The fraction of sp³-hybridized carbons (Fsp3) is 0.174. The average molecular weight is 395 g/mol. The molecule has 0 spiro atoms. The zero-order chi connectivity index (χ0) is 19.8. The molecule has 0 heterocycles. The summed E-state index contributed by atoms with van der Waals surface area (Å²) in [6.45, 7) is 0.752. The molecule has 144 valence electrons. The first-order valence-electron chi connectivity index (χ1n) is 9.17. The van der Waals surface area contributed by atoms with Crippen LogP contribution in [0.15, 0.2) is 72.8 Å². The second kappa shape index (κ2) is 9.93. The minimum absolute atomic E-state index is 0.220. The number of hydrogen-bond donors (Lipinski definition) is 2. The van der Waals surface area contributed by atoms with Crippen molar-refractivity contribution in [3.05, 3.63) is 100 Å². The van der Waals surface area contributed by atoms with Crippen molar-refractivity contribution in [1.82, 2.24) is 0 Å². The van der Waals surface area contributed by atoms with E-state index in [1.807, 2.05) is 54.6 Å². The highest BCUT2D eigenvalue weighted by molar-refractivity contribution is 6.31. The Balaban J connectivity index is 1.58. The lowest BCUT2D eigenvalue weighted by Gasteiger charge is -2.10. The molecule has 0 bridgehead atoms. The van der Waals surface area contributed by atoms with E-state index in [-0.39, 0.29) is 6.61 Å². The van der Waals surface area contributed by atoms with Gasteiger partial charge in [0.25, 0.3) is 0 Å². The lowest BCUT2D eigenvalue weighted by Crippen LogP contribution is -2.13. The summed E-state index contributed by atoms with van der Waals surface area (Å²) in [6, 6.07) is 23.3. The number of hydrogen-bond acceptors (Lipinski definition) is 3. The third-order valence-corrected chi connectivity index (χ3v) is 4.56. The van der Waals surface area contributed by atoms with Crippen molar-refractivity contribution in [1.29, 1.82) is 0 Å². The first kappa shape index (κ1) is 19.9. The zero-order valence-electron chi connectivity index (χ0n) is 15.5. The molecule has 0 fully saturated rings. The summed E-state index contributed by atoms with van der Waals surface area (Å²) in [5.74, 6) is 0. The predicted octanol–water partition coefficient (Wildman–Crippen LogP) is 5.33. The molecule has 3 rings (SSSR count). The minimum Gasteiger partial charge on any atom is -0.444 e. The quantitative estimate of drug-likeness (QED) is 0.569. The fourth-order valence-electron chi connectivity index (χ4n) is 2.94. The summed E-state index contributed by atoms with van der Waals surface area (Å²) in [5, 5.41) is 3.32. The number of halogens is 1. The Kier molecular flexibility index (Phi) is 7.06. The molecule has 5 heteroatoms. The van der Waals surface area contributed by atoms with Crippen molar-refractivity contribution in [2.24, 2.45) is 5.73 Å². The molecule has 3 aromatic carbocycles. The van der Waals surface area contributed by atoms with Gasteiger partial charge in [0.2, 0.25) is 0 Å². The smallest absolute Gasteiger partial charge is 0.411 e. The monoisotopic (exact) mass is 394 g/mol. The van der Waals surface area contributed by atoms with Gasteiger partial charge in [-0.15, -0.1) is 0 Å². The van der Waals surface area contributed by atoms with Crippen molar-refractivity contribution in [2.75, 3.05) is 5.32 Å². The average Bonchev–Trinajstić information content (AvgIpc) is 2.71. The molecule has 0 aliphatic heterocycles. The van der Waals surface area contributed by atoms with Gasteiger partial charge in [0.15, 0.2) is 0 Å². The van der Waals surface area contributed by atoms with E-state index in [9.17, 15) is 4.79 Å². The summed E-state index contributed by atoms with van der Waals surface area (Å²) in [5.41, 5.74) is 10.6. The Morgan fingerprint density at radius 2 is 1.57 bits per heavy atom. The maximum atomic E-state index is 12.1. The molecule has 0 unspecified atom stereocenters. The second-order valence-corrected chi connectivity index (χ2v) is 7.00. The highest BCUT2D eigenvalue weighted by atomic mass is 35.5. The van der Waals surface area contributed by atoms with Gasteiger partial charge in [-0.2, -0.15) is 0 Å². The van der Waals surface area contributed by atoms with E-state index < -0.39 is 6.09 Å². The van der Waals surface area contributed by atoms with Crippen LogP contribution in [0.4, 0.5) is 10.5 Å². The van der Waals surface area contributed by atoms with Crippen LogP contribution < -0.4 is 11.1 Å². The van der Waals surface area contributed by atoms with E-state index in [2.05, 4.69) is 17.4 Å². The molecule has 3 aromatic rings. The molecular formula is C23H23ClN2O2. The number of ether oxygens (including phenoxy) is 1. The van der Waals surface area contributed by atoms with Crippen LogP contribution >= 0.6 is 11.6 Å². The first-order chi connectivity index (χ1) is 13.6. The van der Waals surface area contributed by atoms with Gasteiger partial charge in [0, 0.05) is 17.3 Å². The SMILES string of the molecule is NCc1cccc(CCc2cc(Cl)cc(NC(=O)OCc3ccccc3)c2)c1. The molecule has 0 aliphatic carbocycles. The highest BCUT2D eigenvalue weighted by Crippen LogP contribution is 2.21. The van der Waals surface area contributed by atoms with Gasteiger partial charge >= 0.3 is 6.09 Å². The molecular weight excluding hydrogens is 372 g/mol. The van der Waals surface area contributed by atoms with Gasteiger partial charge in [-0.25, -0.2) is 4.79 Å². The summed E-state index contributed by atoms with van der Waals surface area (Å²) >= 11 is 6.23. The van der Waals surface area contributed by atoms with E-state index in [4.69, 9.17) is 22.1 Å². The standard InChI is InChI=1S/C23H23ClN2O2/c24-21-12-19(10-9-17-7-4-8-20(11-17)15-25)13-22(14-21)26-23(27)28-16-18-5-2-1-3-6-18/h1-8,11-14H,9-10,15-16,25H2,(H,26,27). The van der Waals surface area contributed by atoms with Gasteiger partial charge in [-0.1, -0.05) is 66.2 Å². The highest BCUT2D eigenvalue weighted by Gasteiger charge is 2.07. The van der Waals surface area contributed by atoms with Crippen molar-refractivity contribution in [3.8, 4) is 0 Å². The number of aryl methyl sites for hydroxylation is 2. The predicted molar refractivity (Wildman–Crippen MR) is 113 cm³/mol. The number of carbonyl (C=O) groups excluding carboxylic acids is 1. The molecule has 0 saturated heterocycles. The topological polar surface area (TPSA) is 64.3 Å². The van der Waals surface area contributed by atoms with E-state index in [1.165, 1.54) is 5.56 Å². The van der Waals surface area contributed by atoms with Gasteiger partial charge in [0.05, 0.1) is 0 Å². The van der Waals surface area contributed by atoms with E-state index in [0.717, 1.165) is 29.5 Å². The Bertz CT molecular complexity index is 929. The van der Waals surface area contributed by atoms with Crippen LogP contribution in [-0.4, -0.2) is 6.09 Å². The van der Waals surface area contributed by atoms with Crippen molar-refractivity contribution in [3.63, 3.8) is 0 Å². The van der Waals surface area contributed by atoms with Gasteiger partial charge in [0.1, 0.15) is 6.61 Å². The Morgan fingerprint density at radius 1 is 0.857 bits per heavy atom. The molecule has 3 N–H and O–H groups in total. The van der Waals surface area contributed by atoms with Crippen LogP contribution in [-0.2, 0) is 30.7 Å². The Labute approximate surface area is 170 Å². The van der Waals surface area contributed by atoms with Crippen molar-refractivity contribution >= 4 is 23.4 Å². The number of anilines is 1. The van der Waals surface area contributed by atoms with Crippen molar-refractivity contribution in [2.45, 2.75) is 26.0 Å². The van der Waals surface area contributed by atoms with Crippen LogP contribution in [0.1, 0.15) is 22.3 Å². The van der Waals surface area contributed by atoms with E-state index >= 15 is 0 Å². The molecule has 0 aliphatic rings. The number of amides is 1. The Hall–Kier alpha value is -2.82. The molecule has 1 amide bonds. The van der Waals surface area contributed by atoms with Crippen LogP contribution in [0, 0.1) is 0 Å². The third-order valence-electron chi connectivity index (χ3n) is 4.35. The summed E-state index contributed by atoms with van der Waals surface area (Å²) in [7, 11) is 0. The minimum atomic E-state index is -0.507. The number of nitrogens with one attached hydrogen (secondary N) is 1. The molecule has 0 radical (unpaired) electrons. The molecule has 4 nitrogen and oxygen atoms in total. The lowest BCUT2D eigenvalue weighted by atomic mass is 10.0. The second-order valence-electron chi connectivity index (χ2n) is 6.56. The van der Waals surface area contributed by atoms with Gasteiger partial charge in [-0.3, -0.25) is 5.32 Å². The number of rotatable bonds is 7. The van der Waals surface area contributed by atoms with Crippen LogP contribution in [0.5, 0.6) is 0 Å². The number of benzene rings is 3. The number of carbonyl (C=O) groups is 1. The zero-order valence-corrected chi connectivity index (χ0v) is 16.3. The van der Waals surface area contributed by atoms with Crippen LogP contribution in [0.25, 0.3) is 0 Å². The van der Waals surface area contributed by atoms with E-state index in [0.29, 0.717) is 17.3 Å². The first-order valence-corrected chi connectivity index (χ1v) is 9.55. The summed E-state index contributed by atoms with van der Waals surface area (Å²) in [6.07, 6.45) is 1.17. The maximum absolute atomic E-state index is 12.1. The largest absolute Gasteiger partial charge is 0.444 e. The lowest BCUT2D eigenvalue weighted by molar-refractivity contribution is 0.155. The fourth-order valence-corrected chi connectivity index (χ4v) is 3.20. The molecule has 0 aromatic heterocycles. The van der Waals surface area contributed by atoms with Crippen molar-refractivity contribution < 1.29 is 9.53 Å². The van der Waals surface area contributed by atoms with Gasteiger partial charge in [-0.05, 0) is 53.3 Å². The maximum Gasteiger partial charge on any atom is 0.411 e. The summed E-state index contributed by atoms with van der Waals surface area (Å²) < 4.78 is 5.26. The van der Waals surface area contributed by atoms with Crippen LogP contribution in [0.2, 0.25) is 5.02 Å². The molecule has 28 heavy (non-hydrogen) atoms. The molecule has 0 atom stereocenters.